The lowest BCUT2D eigenvalue weighted by Gasteiger charge is -2.12. The number of halogens is 2. The Morgan fingerprint density at radius 3 is 2.43 bits per heavy atom. The molecule has 21 heavy (non-hydrogen) atoms. The van der Waals surface area contributed by atoms with E-state index in [-0.39, 0.29) is 5.75 Å². The number of rotatable bonds is 7. The zero-order chi connectivity index (χ0) is 15.1. The van der Waals surface area contributed by atoms with E-state index >= 15 is 0 Å². The molecule has 0 aliphatic rings. The maximum Gasteiger partial charge on any atom is 0.387 e. The van der Waals surface area contributed by atoms with Gasteiger partial charge in [-0.2, -0.15) is 8.78 Å². The summed E-state index contributed by atoms with van der Waals surface area (Å²) in [7, 11) is 0. The quantitative estimate of drug-likeness (QED) is 0.787. The molecule has 2 aromatic rings. The van der Waals surface area contributed by atoms with E-state index < -0.39 is 6.61 Å². The molecule has 0 atom stereocenters. The summed E-state index contributed by atoms with van der Waals surface area (Å²) in [5.74, 6) is 0.181. The van der Waals surface area contributed by atoms with Crippen molar-refractivity contribution >= 4 is 5.69 Å². The van der Waals surface area contributed by atoms with Crippen LogP contribution in [0.2, 0.25) is 0 Å². The van der Waals surface area contributed by atoms with Crippen LogP contribution >= 0.6 is 0 Å². The third-order valence-electron chi connectivity index (χ3n) is 3.17. The number of alkyl halides is 2. The van der Waals surface area contributed by atoms with Crippen LogP contribution in [0.3, 0.4) is 0 Å². The highest BCUT2D eigenvalue weighted by atomic mass is 19.3. The molecular weight excluding hydrogens is 272 g/mol. The first-order valence-electron chi connectivity index (χ1n) is 7.04. The third-order valence-corrected chi connectivity index (χ3v) is 3.17. The number of anilines is 1. The highest BCUT2D eigenvalue weighted by Crippen LogP contribution is 2.19. The lowest BCUT2D eigenvalue weighted by atomic mass is 10.1. The molecule has 2 rings (SSSR count). The van der Waals surface area contributed by atoms with Crippen LogP contribution in [-0.2, 0) is 13.0 Å². The van der Waals surface area contributed by atoms with Gasteiger partial charge in [-0.05, 0) is 35.7 Å². The first-order chi connectivity index (χ1) is 10.2. The molecule has 0 saturated carbocycles. The Morgan fingerprint density at radius 1 is 1.05 bits per heavy atom. The number of nitrogens with one attached hydrogen (secondary N) is 1. The van der Waals surface area contributed by atoms with Crippen LogP contribution in [0.1, 0.15) is 24.5 Å². The number of hydrogen-bond donors (Lipinski definition) is 1. The third kappa shape index (κ3) is 4.74. The SMILES string of the molecule is CCCc1ccccc1NCc1ccc(OC(F)F)cc1. The van der Waals surface area contributed by atoms with Crippen molar-refractivity contribution in [3.63, 3.8) is 0 Å². The Bertz CT molecular complexity index is 555. The van der Waals surface area contributed by atoms with E-state index in [9.17, 15) is 8.78 Å². The predicted molar refractivity (Wildman–Crippen MR) is 80.8 cm³/mol. The fourth-order valence-corrected chi connectivity index (χ4v) is 2.17. The van der Waals surface area contributed by atoms with Crippen molar-refractivity contribution in [1.29, 1.82) is 0 Å². The van der Waals surface area contributed by atoms with E-state index in [0.717, 1.165) is 24.1 Å². The number of para-hydroxylation sites is 1. The molecular formula is C17H19F2NO. The van der Waals surface area contributed by atoms with Gasteiger partial charge in [0.25, 0.3) is 0 Å². The van der Waals surface area contributed by atoms with E-state index in [1.165, 1.54) is 5.56 Å². The van der Waals surface area contributed by atoms with Crippen molar-refractivity contribution in [1.82, 2.24) is 0 Å². The fraction of sp³-hybridized carbons (Fsp3) is 0.294. The molecule has 0 radical (unpaired) electrons. The van der Waals surface area contributed by atoms with Gasteiger partial charge in [-0.1, -0.05) is 43.7 Å². The van der Waals surface area contributed by atoms with E-state index in [1.807, 2.05) is 12.1 Å². The molecule has 112 valence electrons. The average molecular weight is 291 g/mol. The first kappa shape index (κ1) is 15.3. The van der Waals surface area contributed by atoms with Gasteiger partial charge in [-0.25, -0.2) is 0 Å². The van der Waals surface area contributed by atoms with Crippen molar-refractivity contribution in [2.24, 2.45) is 0 Å². The van der Waals surface area contributed by atoms with Crippen LogP contribution in [0.15, 0.2) is 48.5 Å². The van der Waals surface area contributed by atoms with Gasteiger partial charge in [0.15, 0.2) is 0 Å². The lowest BCUT2D eigenvalue weighted by molar-refractivity contribution is -0.0498. The molecule has 0 saturated heterocycles. The predicted octanol–water partition coefficient (Wildman–Crippen LogP) is 4.85. The van der Waals surface area contributed by atoms with Crippen LogP contribution in [0.5, 0.6) is 5.75 Å². The van der Waals surface area contributed by atoms with Gasteiger partial charge in [0.05, 0.1) is 0 Å². The van der Waals surface area contributed by atoms with Crippen LogP contribution < -0.4 is 10.1 Å². The zero-order valence-corrected chi connectivity index (χ0v) is 12.0. The summed E-state index contributed by atoms with van der Waals surface area (Å²) < 4.78 is 28.5. The largest absolute Gasteiger partial charge is 0.435 e. The highest BCUT2D eigenvalue weighted by molar-refractivity contribution is 5.51. The molecule has 4 heteroatoms. The van der Waals surface area contributed by atoms with Gasteiger partial charge in [0.2, 0.25) is 0 Å². The van der Waals surface area contributed by atoms with Crippen LogP contribution in [0, 0.1) is 0 Å². The van der Waals surface area contributed by atoms with Crippen molar-refractivity contribution in [3.05, 3.63) is 59.7 Å². The van der Waals surface area contributed by atoms with Crippen molar-refractivity contribution in [2.45, 2.75) is 32.9 Å². The van der Waals surface area contributed by atoms with Gasteiger partial charge >= 0.3 is 6.61 Å². The number of ether oxygens (including phenoxy) is 1. The second-order valence-corrected chi connectivity index (χ2v) is 4.78. The Labute approximate surface area is 123 Å². The normalized spacial score (nSPS) is 10.7. The second-order valence-electron chi connectivity index (χ2n) is 4.78. The van der Waals surface area contributed by atoms with Crippen LogP contribution in [0.25, 0.3) is 0 Å². The highest BCUT2D eigenvalue weighted by Gasteiger charge is 2.04. The van der Waals surface area contributed by atoms with Gasteiger partial charge in [0.1, 0.15) is 5.75 Å². The maximum absolute atomic E-state index is 12.1. The van der Waals surface area contributed by atoms with Gasteiger partial charge < -0.3 is 10.1 Å². The summed E-state index contributed by atoms with van der Waals surface area (Å²) in [6, 6.07) is 14.9. The van der Waals surface area contributed by atoms with Crippen LogP contribution in [0.4, 0.5) is 14.5 Å². The summed E-state index contributed by atoms with van der Waals surface area (Å²) >= 11 is 0. The molecule has 0 fully saturated rings. The number of aryl methyl sites for hydroxylation is 1. The second kappa shape index (κ2) is 7.62. The minimum atomic E-state index is -2.78. The Hall–Kier alpha value is -2.10. The molecule has 0 aromatic heterocycles. The van der Waals surface area contributed by atoms with Gasteiger partial charge in [-0.3, -0.25) is 0 Å². The molecule has 1 N–H and O–H groups in total. The topological polar surface area (TPSA) is 21.3 Å². The van der Waals surface area contributed by atoms with Crippen LogP contribution in [-0.4, -0.2) is 6.61 Å². The van der Waals surface area contributed by atoms with E-state index in [1.54, 1.807) is 24.3 Å². The smallest absolute Gasteiger partial charge is 0.387 e. The van der Waals surface area contributed by atoms with Crippen molar-refractivity contribution < 1.29 is 13.5 Å². The Morgan fingerprint density at radius 2 is 1.76 bits per heavy atom. The van der Waals surface area contributed by atoms with E-state index in [0.29, 0.717) is 6.54 Å². The van der Waals surface area contributed by atoms with E-state index in [2.05, 4.69) is 29.1 Å². The molecule has 0 spiro atoms. The van der Waals surface area contributed by atoms with E-state index in [4.69, 9.17) is 0 Å². The van der Waals surface area contributed by atoms with Gasteiger partial charge in [-0.15, -0.1) is 0 Å². The molecule has 0 heterocycles. The average Bonchev–Trinajstić information content (AvgIpc) is 2.48. The maximum atomic E-state index is 12.1. The lowest BCUT2D eigenvalue weighted by Crippen LogP contribution is -2.04. The Kier molecular flexibility index (Phi) is 5.55. The Balaban J connectivity index is 1.96. The summed E-state index contributed by atoms with van der Waals surface area (Å²) in [5, 5.41) is 3.39. The summed E-state index contributed by atoms with van der Waals surface area (Å²) in [4.78, 5) is 0. The van der Waals surface area contributed by atoms with Crippen molar-refractivity contribution in [2.75, 3.05) is 5.32 Å². The summed E-state index contributed by atoms with van der Waals surface area (Å²) in [6.07, 6.45) is 2.13. The fourth-order valence-electron chi connectivity index (χ4n) is 2.17. The molecule has 0 bridgehead atoms. The minimum Gasteiger partial charge on any atom is -0.435 e. The summed E-state index contributed by atoms with van der Waals surface area (Å²) in [6.45, 7) is 0.0173. The molecule has 0 amide bonds. The molecule has 0 unspecified atom stereocenters. The minimum absolute atomic E-state index is 0.181. The number of benzene rings is 2. The summed E-state index contributed by atoms with van der Waals surface area (Å²) in [5.41, 5.74) is 3.42. The molecule has 0 aliphatic carbocycles. The van der Waals surface area contributed by atoms with Gasteiger partial charge in [0, 0.05) is 12.2 Å². The standard InChI is InChI=1S/C17H19F2NO/c1-2-5-14-6-3-4-7-16(14)20-12-13-8-10-15(11-9-13)21-17(18)19/h3-4,6-11,17,20H,2,5,12H2,1H3. The molecule has 2 aromatic carbocycles. The van der Waals surface area contributed by atoms with Crippen molar-refractivity contribution in [3.8, 4) is 5.75 Å². The molecule has 2 nitrogen and oxygen atoms in total. The zero-order valence-electron chi connectivity index (χ0n) is 12.0. The first-order valence-corrected chi connectivity index (χ1v) is 7.04. The molecule has 0 aliphatic heterocycles. The monoisotopic (exact) mass is 291 g/mol. The number of hydrogen-bond acceptors (Lipinski definition) is 2.